The molecule has 0 radical (unpaired) electrons. The topological polar surface area (TPSA) is 51.0 Å². The van der Waals surface area contributed by atoms with Crippen LogP contribution in [-0.2, 0) is 12.8 Å². The lowest BCUT2D eigenvalue weighted by atomic mass is 10.2. The number of benzene rings is 1. The smallest absolute Gasteiger partial charge is 0.227 e. The van der Waals surface area contributed by atoms with E-state index in [1.54, 1.807) is 0 Å². The van der Waals surface area contributed by atoms with Crippen molar-refractivity contribution in [2.45, 2.75) is 37.6 Å². The Morgan fingerprint density at radius 2 is 2.00 bits per heavy atom. The van der Waals surface area contributed by atoms with E-state index in [1.807, 2.05) is 18.8 Å². The summed E-state index contributed by atoms with van der Waals surface area (Å²) in [5.41, 5.74) is 1.29. The predicted octanol–water partition coefficient (Wildman–Crippen LogP) is 3.29. The maximum Gasteiger partial charge on any atom is 0.227 e. The lowest BCUT2D eigenvalue weighted by Crippen LogP contribution is -2.24. The lowest BCUT2D eigenvalue weighted by Gasteiger charge is -2.04. The standard InChI is InChI=1S/C15H21N3OS.ClH/c1-11-4-6-13(7-5-11)20-9-8-15-17-14(18-19-15)10-12(2)16-3;/h4-7,12,16H,8-10H2,1-3H3;1H. The van der Waals surface area contributed by atoms with E-state index in [0.29, 0.717) is 6.04 Å². The molecule has 21 heavy (non-hydrogen) atoms. The van der Waals surface area contributed by atoms with E-state index in [2.05, 4.69) is 53.6 Å². The molecule has 0 bridgehead atoms. The summed E-state index contributed by atoms with van der Waals surface area (Å²) in [4.78, 5) is 5.69. The number of hydrogen-bond acceptors (Lipinski definition) is 5. The second-order valence-electron chi connectivity index (χ2n) is 4.91. The molecule has 0 amide bonds. The molecule has 1 aromatic heterocycles. The molecule has 2 rings (SSSR count). The summed E-state index contributed by atoms with van der Waals surface area (Å²) >= 11 is 1.81. The highest BCUT2D eigenvalue weighted by atomic mass is 35.5. The van der Waals surface area contributed by atoms with E-state index in [-0.39, 0.29) is 12.4 Å². The molecule has 0 saturated heterocycles. The van der Waals surface area contributed by atoms with Gasteiger partial charge in [-0.25, -0.2) is 0 Å². The number of nitrogens with zero attached hydrogens (tertiary/aromatic N) is 2. The van der Waals surface area contributed by atoms with Crippen molar-refractivity contribution in [2.24, 2.45) is 0 Å². The Balaban J connectivity index is 0.00000220. The average molecular weight is 328 g/mol. The molecule has 1 aromatic carbocycles. The molecular formula is C15H22ClN3OS. The Morgan fingerprint density at radius 1 is 1.29 bits per heavy atom. The quantitative estimate of drug-likeness (QED) is 0.791. The Hall–Kier alpha value is -1.04. The van der Waals surface area contributed by atoms with Crippen LogP contribution < -0.4 is 5.32 Å². The van der Waals surface area contributed by atoms with Crippen LogP contribution in [0.3, 0.4) is 0 Å². The minimum atomic E-state index is 0. The van der Waals surface area contributed by atoms with E-state index in [0.717, 1.165) is 30.3 Å². The fourth-order valence-electron chi connectivity index (χ4n) is 1.74. The van der Waals surface area contributed by atoms with Crippen LogP contribution in [0.2, 0.25) is 0 Å². The van der Waals surface area contributed by atoms with E-state index in [4.69, 9.17) is 4.52 Å². The Kier molecular flexibility index (Phi) is 7.78. The van der Waals surface area contributed by atoms with Crippen LogP contribution in [0.4, 0.5) is 0 Å². The van der Waals surface area contributed by atoms with Gasteiger partial charge < -0.3 is 9.84 Å². The summed E-state index contributed by atoms with van der Waals surface area (Å²) in [5, 5.41) is 7.17. The summed E-state index contributed by atoms with van der Waals surface area (Å²) in [6.07, 6.45) is 1.60. The maximum atomic E-state index is 5.26. The van der Waals surface area contributed by atoms with Crippen LogP contribution in [0.5, 0.6) is 0 Å². The third-order valence-electron chi connectivity index (χ3n) is 3.10. The molecule has 116 valence electrons. The number of likely N-dealkylation sites (N-methyl/N-ethyl adjacent to an activating group) is 1. The summed E-state index contributed by atoms with van der Waals surface area (Å²) in [7, 11) is 1.93. The highest BCUT2D eigenvalue weighted by Gasteiger charge is 2.09. The first-order valence-electron chi connectivity index (χ1n) is 6.85. The second kappa shape index (κ2) is 9.07. The number of aromatic nitrogens is 2. The second-order valence-corrected chi connectivity index (χ2v) is 6.08. The lowest BCUT2D eigenvalue weighted by molar-refractivity contribution is 0.375. The summed E-state index contributed by atoms with van der Waals surface area (Å²) in [6, 6.07) is 8.92. The van der Waals surface area contributed by atoms with Crippen LogP contribution >= 0.6 is 24.2 Å². The molecule has 0 fully saturated rings. The molecule has 0 aliphatic carbocycles. The third kappa shape index (κ3) is 6.08. The van der Waals surface area contributed by atoms with Gasteiger partial charge in [-0.1, -0.05) is 22.9 Å². The first-order valence-corrected chi connectivity index (χ1v) is 7.84. The van der Waals surface area contributed by atoms with Crippen molar-refractivity contribution in [3.63, 3.8) is 0 Å². The highest BCUT2D eigenvalue weighted by molar-refractivity contribution is 7.99. The first-order chi connectivity index (χ1) is 9.67. The zero-order valence-electron chi connectivity index (χ0n) is 12.6. The summed E-state index contributed by atoms with van der Waals surface area (Å²) < 4.78 is 5.26. The fraction of sp³-hybridized carbons (Fsp3) is 0.467. The molecular weight excluding hydrogens is 306 g/mol. The van der Waals surface area contributed by atoms with Gasteiger partial charge in [0.2, 0.25) is 5.89 Å². The van der Waals surface area contributed by atoms with E-state index in [9.17, 15) is 0 Å². The van der Waals surface area contributed by atoms with Gasteiger partial charge in [-0.2, -0.15) is 4.98 Å². The van der Waals surface area contributed by atoms with Crippen LogP contribution in [-0.4, -0.2) is 29.0 Å². The van der Waals surface area contributed by atoms with Gasteiger partial charge in [0.15, 0.2) is 5.82 Å². The van der Waals surface area contributed by atoms with E-state index < -0.39 is 0 Å². The zero-order chi connectivity index (χ0) is 14.4. The molecule has 0 aliphatic heterocycles. The Bertz CT molecular complexity index is 530. The summed E-state index contributed by atoms with van der Waals surface area (Å²) in [5.74, 6) is 2.46. The van der Waals surface area contributed by atoms with Gasteiger partial charge in [-0.15, -0.1) is 24.2 Å². The van der Waals surface area contributed by atoms with E-state index >= 15 is 0 Å². The number of nitrogens with one attached hydrogen (secondary N) is 1. The molecule has 6 heteroatoms. The molecule has 4 nitrogen and oxygen atoms in total. The molecule has 1 atom stereocenters. The molecule has 0 spiro atoms. The number of rotatable bonds is 7. The van der Waals surface area contributed by atoms with Crippen LogP contribution in [0.1, 0.15) is 24.2 Å². The molecule has 1 unspecified atom stereocenters. The van der Waals surface area contributed by atoms with Crippen molar-refractivity contribution < 1.29 is 4.52 Å². The predicted molar refractivity (Wildman–Crippen MR) is 89.4 cm³/mol. The van der Waals surface area contributed by atoms with Gasteiger partial charge >= 0.3 is 0 Å². The van der Waals surface area contributed by atoms with Gasteiger partial charge in [-0.3, -0.25) is 0 Å². The highest BCUT2D eigenvalue weighted by Crippen LogP contribution is 2.19. The molecule has 0 saturated carbocycles. The van der Waals surface area contributed by atoms with Gasteiger partial charge in [0, 0.05) is 29.5 Å². The third-order valence-corrected chi connectivity index (χ3v) is 4.11. The van der Waals surface area contributed by atoms with Crippen molar-refractivity contribution in [1.82, 2.24) is 15.5 Å². The van der Waals surface area contributed by atoms with Crippen molar-refractivity contribution in [1.29, 1.82) is 0 Å². The van der Waals surface area contributed by atoms with Crippen molar-refractivity contribution in [3.8, 4) is 0 Å². The fourth-order valence-corrected chi connectivity index (χ4v) is 2.58. The minimum Gasteiger partial charge on any atom is -0.339 e. The van der Waals surface area contributed by atoms with Crippen molar-refractivity contribution >= 4 is 24.2 Å². The van der Waals surface area contributed by atoms with Gasteiger partial charge in [0.1, 0.15) is 0 Å². The largest absolute Gasteiger partial charge is 0.339 e. The molecule has 0 aliphatic rings. The average Bonchev–Trinajstić information content (AvgIpc) is 2.88. The molecule has 1 heterocycles. The van der Waals surface area contributed by atoms with Crippen LogP contribution in [0, 0.1) is 6.92 Å². The number of aryl methyl sites for hydroxylation is 2. The monoisotopic (exact) mass is 327 g/mol. The van der Waals surface area contributed by atoms with E-state index in [1.165, 1.54) is 10.5 Å². The van der Waals surface area contributed by atoms with Crippen LogP contribution in [0.15, 0.2) is 33.7 Å². The molecule has 2 aromatic rings. The van der Waals surface area contributed by atoms with Crippen molar-refractivity contribution in [3.05, 3.63) is 41.5 Å². The number of halogens is 1. The molecule has 1 N–H and O–H groups in total. The van der Waals surface area contributed by atoms with Crippen LogP contribution in [0.25, 0.3) is 0 Å². The van der Waals surface area contributed by atoms with Gasteiger partial charge in [0.25, 0.3) is 0 Å². The maximum absolute atomic E-state index is 5.26. The summed E-state index contributed by atoms with van der Waals surface area (Å²) in [6.45, 7) is 4.20. The number of thioether (sulfide) groups is 1. The van der Waals surface area contributed by atoms with Gasteiger partial charge in [-0.05, 0) is 33.0 Å². The SMILES string of the molecule is CNC(C)Cc1noc(CCSc2ccc(C)cc2)n1.Cl. The number of hydrogen-bond donors (Lipinski definition) is 1. The first kappa shape index (κ1) is 18.0. The Morgan fingerprint density at radius 3 is 2.67 bits per heavy atom. The minimum absolute atomic E-state index is 0. The van der Waals surface area contributed by atoms with Crippen molar-refractivity contribution in [2.75, 3.05) is 12.8 Å². The van der Waals surface area contributed by atoms with Gasteiger partial charge in [0.05, 0.1) is 0 Å². The normalized spacial score (nSPS) is 12.0. The zero-order valence-corrected chi connectivity index (χ0v) is 14.3. The Labute approximate surface area is 136 Å².